The van der Waals surface area contributed by atoms with Gasteiger partial charge in [-0.2, -0.15) is 0 Å². The zero-order chi connectivity index (χ0) is 15.6. The van der Waals surface area contributed by atoms with Gasteiger partial charge in [-0.3, -0.25) is 4.79 Å². The highest BCUT2D eigenvalue weighted by atomic mass is 79.9. The third-order valence-corrected chi connectivity index (χ3v) is 3.34. The highest BCUT2D eigenvalue weighted by molar-refractivity contribution is 9.10. The van der Waals surface area contributed by atoms with E-state index in [4.69, 9.17) is 10.5 Å². The SMILES string of the molecule is COc1cc(N)ccc1C(=O)Nc1c(F)cc(F)cc1Br. The van der Waals surface area contributed by atoms with Crippen LogP contribution in [0.2, 0.25) is 0 Å². The number of halogens is 3. The van der Waals surface area contributed by atoms with Crippen LogP contribution >= 0.6 is 15.9 Å². The molecule has 0 radical (unpaired) electrons. The number of hydrogen-bond acceptors (Lipinski definition) is 3. The molecule has 0 fully saturated rings. The number of rotatable bonds is 3. The summed E-state index contributed by atoms with van der Waals surface area (Å²) in [6, 6.07) is 6.19. The normalized spacial score (nSPS) is 10.3. The van der Waals surface area contributed by atoms with Crippen molar-refractivity contribution in [1.82, 2.24) is 0 Å². The third kappa shape index (κ3) is 3.30. The van der Waals surface area contributed by atoms with E-state index in [1.807, 2.05) is 0 Å². The van der Waals surface area contributed by atoms with Crippen LogP contribution in [0.15, 0.2) is 34.8 Å². The molecule has 0 aliphatic heterocycles. The molecule has 21 heavy (non-hydrogen) atoms. The second-order valence-electron chi connectivity index (χ2n) is 4.16. The number of benzene rings is 2. The first-order chi connectivity index (χ1) is 9.92. The minimum atomic E-state index is -0.885. The molecule has 0 bridgehead atoms. The maximum atomic E-state index is 13.7. The Morgan fingerprint density at radius 2 is 2.00 bits per heavy atom. The smallest absolute Gasteiger partial charge is 0.259 e. The Morgan fingerprint density at radius 3 is 2.62 bits per heavy atom. The lowest BCUT2D eigenvalue weighted by atomic mass is 10.1. The first-order valence-corrected chi connectivity index (χ1v) is 6.61. The van der Waals surface area contributed by atoms with Gasteiger partial charge in [0.15, 0.2) is 5.82 Å². The zero-order valence-electron chi connectivity index (χ0n) is 10.9. The number of hydrogen-bond donors (Lipinski definition) is 2. The molecule has 0 saturated carbocycles. The van der Waals surface area contributed by atoms with Crippen LogP contribution in [0, 0.1) is 11.6 Å². The van der Waals surface area contributed by atoms with E-state index in [1.165, 1.54) is 25.3 Å². The summed E-state index contributed by atoms with van der Waals surface area (Å²) in [5.41, 5.74) is 6.06. The molecule has 0 spiro atoms. The van der Waals surface area contributed by atoms with Crippen LogP contribution in [0.4, 0.5) is 20.2 Å². The zero-order valence-corrected chi connectivity index (χ0v) is 12.5. The van der Waals surface area contributed by atoms with Crippen molar-refractivity contribution in [3.63, 3.8) is 0 Å². The maximum absolute atomic E-state index is 13.7. The molecule has 1 amide bonds. The first kappa shape index (κ1) is 15.2. The van der Waals surface area contributed by atoms with Gasteiger partial charge >= 0.3 is 0 Å². The fourth-order valence-electron chi connectivity index (χ4n) is 1.74. The molecule has 0 heterocycles. The molecule has 3 N–H and O–H groups in total. The van der Waals surface area contributed by atoms with Gasteiger partial charge in [0.1, 0.15) is 11.6 Å². The number of carbonyl (C=O) groups is 1. The minimum Gasteiger partial charge on any atom is -0.496 e. The molecule has 2 aromatic rings. The molecule has 0 aliphatic rings. The molecule has 0 aliphatic carbocycles. The van der Waals surface area contributed by atoms with Gasteiger partial charge in [0.2, 0.25) is 0 Å². The lowest BCUT2D eigenvalue weighted by molar-refractivity contribution is 0.102. The summed E-state index contributed by atoms with van der Waals surface area (Å²) in [7, 11) is 1.39. The Kier molecular flexibility index (Phi) is 4.42. The number of amides is 1. The number of ether oxygens (including phenoxy) is 1. The summed E-state index contributed by atoms with van der Waals surface area (Å²) in [5, 5.41) is 2.37. The minimum absolute atomic E-state index is 0.0998. The van der Waals surface area contributed by atoms with Crippen LogP contribution in [-0.4, -0.2) is 13.0 Å². The molecule has 0 aromatic heterocycles. The molecule has 2 aromatic carbocycles. The van der Waals surface area contributed by atoms with Crippen molar-refractivity contribution in [1.29, 1.82) is 0 Å². The number of anilines is 2. The Morgan fingerprint density at radius 1 is 1.29 bits per heavy atom. The molecule has 0 unspecified atom stereocenters. The van der Waals surface area contributed by atoms with E-state index < -0.39 is 17.5 Å². The topological polar surface area (TPSA) is 64.3 Å². The van der Waals surface area contributed by atoms with Crippen LogP contribution in [0.5, 0.6) is 5.75 Å². The van der Waals surface area contributed by atoms with E-state index in [0.717, 1.165) is 6.07 Å². The van der Waals surface area contributed by atoms with Gasteiger partial charge in [0.25, 0.3) is 5.91 Å². The summed E-state index contributed by atoms with van der Waals surface area (Å²) in [5.74, 6) is -1.98. The largest absolute Gasteiger partial charge is 0.496 e. The molecule has 7 heteroatoms. The van der Waals surface area contributed by atoms with Crippen LogP contribution in [0.25, 0.3) is 0 Å². The Bertz CT molecular complexity index is 684. The highest BCUT2D eigenvalue weighted by Gasteiger charge is 2.17. The van der Waals surface area contributed by atoms with Crippen LogP contribution in [0.3, 0.4) is 0 Å². The summed E-state index contributed by atoms with van der Waals surface area (Å²) in [4.78, 5) is 12.2. The molecular formula is C14H11BrF2N2O2. The highest BCUT2D eigenvalue weighted by Crippen LogP contribution is 2.29. The van der Waals surface area contributed by atoms with E-state index >= 15 is 0 Å². The predicted octanol–water partition coefficient (Wildman–Crippen LogP) is 3.57. The number of methoxy groups -OCH3 is 1. The van der Waals surface area contributed by atoms with Gasteiger partial charge in [0.05, 0.1) is 18.4 Å². The van der Waals surface area contributed by atoms with Crippen molar-refractivity contribution in [2.75, 3.05) is 18.2 Å². The molecule has 0 atom stereocenters. The first-order valence-electron chi connectivity index (χ1n) is 5.81. The van der Waals surface area contributed by atoms with Crippen molar-refractivity contribution in [3.05, 3.63) is 52.0 Å². The fourth-order valence-corrected chi connectivity index (χ4v) is 2.25. The number of nitrogens with two attached hydrogens (primary N) is 1. The van der Waals surface area contributed by atoms with E-state index in [9.17, 15) is 13.6 Å². The number of carbonyl (C=O) groups excluding carboxylic acids is 1. The van der Waals surface area contributed by atoms with Gasteiger partial charge in [0, 0.05) is 22.3 Å². The molecule has 2 rings (SSSR count). The fraction of sp³-hybridized carbons (Fsp3) is 0.0714. The quantitative estimate of drug-likeness (QED) is 0.826. The van der Waals surface area contributed by atoms with E-state index in [2.05, 4.69) is 21.2 Å². The lowest BCUT2D eigenvalue weighted by Crippen LogP contribution is -2.15. The third-order valence-electron chi connectivity index (χ3n) is 2.72. The average molecular weight is 357 g/mol. The second kappa shape index (κ2) is 6.09. The molecule has 4 nitrogen and oxygen atoms in total. The van der Waals surface area contributed by atoms with Gasteiger partial charge in [-0.25, -0.2) is 8.78 Å². The van der Waals surface area contributed by atoms with E-state index in [-0.39, 0.29) is 21.5 Å². The molecule has 0 saturated heterocycles. The summed E-state index contributed by atoms with van der Waals surface area (Å²) in [6.07, 6.45) is 0. The average Bonchev–Trinajstić information content (AvgIpc) is 2.42. The van der Waals surface area contributed by atoms with Gasteiger partial charge in [-0.15, -0.1) is 0 Å². The number of nitrogens with one attached hydrogen (secondary N) is 1. The van der Waals surface area contributed by atoms with Crippen molar-refractivity contribution in [2.45, 2.75) is 0 Å². The van der Waals surface area contributed by atoms with Crippen molar-refractivity contribution in [3.8, 4) is 5.75 Å². The number of nitrogen functional groups attached to an aromatic ring is 1. The van der Waals surface area contributed by atoms with Crippen molar-refractivity contribution in [2.24, 2.45) is 0 Å². The van der Waals surface area contributed by atoms with E-state index in [0.29, 0.717) is 11.8 Å². The van der Waals surface area contributed by atoms with Crippen LogP contribution in [-0.2, 0) is 0 Å². The Balaban J connectivity index is 2.35. The van der Waals surface area contributed by atoms with Gasteiger partial charge in [-0.05, 0) is 34.1 Å². The van der Waals surface area contributed by atoms with Crippen molar-refractivity contribution < 1.29 is 18.3 Å². The monoisotopic (exact) mass is 356 g/mol. The second-order valence-corrected chi connectivity index (χ2v) is 5.01. The van der Waals surface area contributed by atoms with Crippen LogP contribution < -0.4 is 15.8 Å². The summed E-state index contributed by atoms with van der Waals surface area (Å²) < 4.78 is 31.9. The maximum Gasteiger partial charge on any atom is 0.259 e. The molecule has 110 valence electrons. The predicted molar refractivity (Wildman–Crippen MR) is 79.4 cm³/mol. The van der Waals surface area contributed by atoms with E-state index in [1.54, 1.807) is 0 Å². The van der Waals surface area contributed by atoms with Crippen molar-refractivity contribution >= 4 is 33.2 Å². The Hall–Kier alpha value is -2.15. The summed E-state index contributed by atoms with van der Waals surface area (Å²) >= 11 is 3.00. The standard InChI is InChI=1S/C14H11BrF2N2O2/c1-21-12-6-8(18)2-3-9(12)14(20)19-13-10(15)4-7(16)5-11(13)17/h2-6H,18H2,1H3,(H,19,20). The molecular weight excluding hydrogens is 346 g/mol. The lowest BCUT2D eigenvalue weighted by Gasteiger charge is -2.12. The van der Waals surface area contributed by atoms with Crippen LogP contribution in [0.1, 0.15) is 10.4 Å². The summed E-state index contributed by atoms with van der Waals surface area (Å²) in [6.45, 7) is 0. The van der Waals surface area contributed by atoms with Gasteiger partial charge < -0.3 is 15.8 Å². The Labute approximate surface area is 128 Å². The van der Waals surface area contributed by atoms with Gasteiger partial charge in [-0.1, -0.05) is 0 Å².